The average Bonchev–Trinajstić information content (AvgIpc) is 2.90. The molecule has 0 saturated carbocycles. The minimum absolute atomic E-state index is 0.201. The van der Waals surface area contributed by atoms with E-state index in [1.54, 1.807) is 11.3 Å². The molecular weight excluding hydrogens is 280 g/mol. The van der Waals surface area contributed by atoms with Crippen LogP contribution >= 0.6 is 11.3 Å². The van der Waals surface area contributed by atoms with Gasteiger partial charge in [0, 0.05) is 11.8 Å². The number of rotatable bonds is 3. The van der Waals surface area contributed by atoms with Crippen molar-refractivity contribution < 1.29 is 8.42 Å². The lowest BCUT2D eigenvalue weighted by atomic mass is 9.84. The van der Waals surface area contributed by atoms with Crippen molar-refractivity contribution in [3.8, 4) is 0 Å². The summed E-state index contributed by atoms with van der Waals surface area (Å²) >= 11 is 1.64. The molecule has 19 heavy (non-hydrogen) atoms. The van der Waals surface area contributed by atoms with Gasteiger partial charge in [-0.2, -0.15) is 0 Å². The second-order valence-corrected chi connectivity index (χ2v) is 8.60. The van der Waals surface area contributed by atoms with Gasteiger partial charge in [-0.15, -0.1) is 11.3 Å². The predicted octanol–water partition coefficient (Wildman–Crippen LogP) is 1.60. The summed E-state index contributed by atoms with van der Waals surface area (Å²) in [7, 11) is -2.92. The van der Waals surface area contributed by atoms with Crippen LogP contribution in [0, 0.1) is 5.41 Å². The van der Waals surface area contributed by atoms with E-state index in [4.69, 9.17) is 5.73 Å². The zero-order valence-electron chi connectivity index (χ0n) is 10.5. The summed E-state index contributed by atoms with van der Waals surface area (Å²) in [5.74, 6) is 0.460. The number of sulfone groups is 1. The highest BCUT2D eigenvalue weighted by molar-refractivity contribution is 7.91. The molecule has 4 nitrogen and oxygen atoms in total. The van der Waals surface area contributed by atoms with E-state index in [1.807, 2.05) is 24.3 Å². The van der Waals surface area contributed by atoms with Crippen molar-refractivity contribution >= 4 is 31.4 Å². The lowest BCUT2D eigenvalue weighted by Gasteiger charge is -2.24. The van der Waals surface area contributed by atoms with Crippen LogP contribution in [-0.4, -0.2) is 31.5 Å². The van der Waals surface area contributed by atoms with Gasteiger partial charge in [0.1, 0.15) is 0 Å². The van der Waals surface area contributed by atoms with E-state index >= 15 is 0 Å². The molecule has 1 unspecified atom stereocenters. The maximum atomic E-state index is 11.7. The molecule has 1 fully saturated rings. The van der Waals surface area contributed by atoms with Gasteiger partial charge < -0.3 is 5.73 Å². The van der Waals surface area contributed by atoms with E-state index in [0.29, 0.717) is 19.4 Å². The fraction of sp³-hybridized carbons (Fsp3) is 0.462. The molecule has 102 valence electrons. The predicted molar refractivity (Wildman–Crippen MR) is 78.1 cm³/mol. The zero-order valence-corrected chi connectivity index (χ0v) is 12.1. The number of benzene rings is 1. The smallest absolute Gasteiger partial charge is 0.150 e. The van der Waals surface area contributed by atoms with Crippen LogP contribution in [0.3, 0.4) is 0 Å². The van der Waals surface area contributed by atoms with Crippen molar-refractivity contribution in [2.24, 2.45) is 11.1 Å². The molecule has 1 aromatic carbocycles. The molecule has 0 radical (unpaired) electrons. The van der Waals surface area contributed by atoms with Gasteiger partial charge in [0.2, 0.25) is 0 Å². The third-order valence-electron chi connectivity index (χ3n) is 3.77. The largest absolute Gasteiger partial charge is 0.330 e. The molecule has 1 aromatic heterocycles. The molecule has 2 N–H and O–H groups in total. The second kappa shape index (κ2) is 4.54. The van der Waals surface area contributed by atoms with Crippen LogP contribution < -0.4 is 5.73 Å². The van der Waals surface area contributed by atoms with E-state index in [1.165, 1.54) is 0 Å². The van der Waals surface area contributed by atoms with Crippen LogP contribution in [0.25, 0.3) is 10.2 Å². The van der Waals surface area contributed by atoms with E-state index < -0.39 is 9.84 Å². The average molecular weight is 296 g/mol. The highest BCUT2D eigenvalue weighted by Crippen LogP contribution is 2.36. The van der Waals surface area contributed by atoms with E-state index in [0.717, 1.165) is 15.2 Å². The van der Waals surface area contributed by atoms with Crippen LogP contribution in [0.5, 0.6) is 0 Å². The van der Waals surface area contributed by atoms with Gasteiger partial charge in [-0.1, -0.05) is 12.1 Å². The van der Waals surface area contributed by atoms with Crippen LogP contribution in [0.15, 0.2) is 24.3 Å². The summed E-state index contributed by atoms with van der Waals surface area (Å²) in [6.07, 6.45) is 1.32. The van der Waals surface area contributed by atoms with Crippen molar-refractivity contribution in [2.75, 3.05) is 18.1 Å². The molecule has 1 saturated heterocycles. The Morgan fingerprint density at radius 3 is 2.79 bits per heavy atom. The Hall–Kier alpha value is -0.980. The number of hydrogen-bond acceptors (Lipinski definition) is 5. The maximum absolute atomic E-state index is 11.7. The van der Waals surface area contributed by atoms with Gasteiger partial charge in [0.15, 0.2) is 9.84 Å². The molecule has 0 amide bonds. The van der Waals surface area contributed by atoms with Crippen LogP contribution in [-0.2, 0) is 16.3 Å². The maximum Gasteiger partial charge on any atom is 0.150 e. The van der Waals surface area contributed by atoms with Crippen LogP contribution in [0.2, 0.25) is 0 Å². The highest BCUT2D eigenvalue weighted by Gasteiger charge is 2.41. The summed E-state index contributed by atoms with van der Waals surface area (Å²) in [6, 6.07) is 7.97. The number of fused-ring (bicyclic) bond motifs is 1. The first-order valence-electron chi connectivity index (χ1n) is 6.27. The van der Waals surface area contributed by atoms with E-state index in [2.05, 4.69) is 4.98 Å². The van der Waals surface area contributed by atoms with Gasteiger partial charge in [0.25, 0.3) is 0 Å². The first-order chi connectivity index (χ1) is 9.02. The van der Waals surface area contributed by atoms with Gasteiger partial charge in [0.05, 0.1) is 26.7 Å². The molecule has 0 bridgehead atoms. The fourth-order valence-corrected chi connectivity index (χ4v) is 6.00. The molecule has 6 heteroatoms. The molecule has 1 atom stereocenters. The minimum Gasteiger partial charge on any atom is -0.330 e. The number of thiazole rings is 1. The first-order valence-corrected chi connectivity index (χ1v) is 8.91. The van der Waals surface area contributed by atoms with E-state index in [-0.39, 0.29) is 16.9 Å². The Kier molecular flexibility index (Phi) is 3.11. The van der Waals surface area contributed by atoms with E-state index in [9.17, 15) is 8.42 Å². The number of nitrogens with zero attached hydrogens (tertiary/aromatic N) is 1. The summed E-state index contributed by atoms with van der Waals surface area (Å²) in [4.78, 5) is 4.59. The molecule has 0 spiro atoms. The third-order valence-corrected chi connectivity index (χ3v) is 6.68. The Morgan fingerprint density at radius 2 is 2.16 bits per heavy atom. The van der Waals surface area contributed by atoms with Crippen molar-refractivity contribution in [1.29, 1.82) is 0 Å². The molecule has 1 aliphatic rings. The lowest BCUT2D eigenvalue weighted by molar-refractivity contribution is 0.344. The Morgan fingerprint density at radius 1 is 1.37 bits per heavy atom. The summed E-state index contributed by atoms with van der Waals surface area (Å²) < 4.78 is 24.5. The Bertz CT molecular complexity index is 675. The normalized spacial score (nSPS) is 25.9. The van der Waals surface area contributed by atoms with Gasteiger partial charge in [-0.3, -0.25) is 0 Å². The molecule has 3 rings (SSSR count). The van der Waals surface area contributed by atoms with Gasteiger partial charge >= 0.3 is 0 Å². The molecule has 2 aromatic rings. The Labute approximate surface area is 116 Å². The number of para-hydroxylation sites is 1. The van der Waals surface area contributed by atoms with Crippen molar-refractivity contribution in [1.82, 2.24) is 4.98 Å². The van der Waals surface area contributed by atoms with Crippen LogP contribution in [0.1, 0.15) is 11.4 Å². The minimum atomic E-state index is -2.92. The lowest BCUT2D eigenvalue weighted by Crippen LogP contribution is -2.34. The van der Waals surface area contributed by atoms with Gasteiger partial charge in [-0.25, -0.2) is 13.4 Å². The van der Waals surface area contributed by atoms with Crippen molar-refractivity contribution in [2.45, 2.75) is 12.8 Å². The summed E-state index contributed by atoms with van der Waals surface area (Å²) in [6.45, 7) is 0.405. The standard InChI is InChI=1S/C13H16N2O2S2/c14-8-13(5-6-19(16,17)9-13)7-12-15-10-3-1-2-4-11(10)18-12/h1-4H,5-9,14H2. The summed E-state index contributed by atoms with van der Waals surface area (Å²) in [5.41, 5.74) is 6.51. The SMILES string of the molecule is NCC1(Cc2nc3ccccc3s2)CCS(=O)(=O)C1. The Balaban J connectivity index is 1.91. The van der Waals surface area contributed by atoms with Crippen molar-refractivity contribution in [3.05, 3.63) is 29.3 Å². The number of nitrogens with two attached hydrogens (primary N) is 1. The first kappa shape index (κ1) is 13.0. The third kappa shape index (κ3) is 2.52. The van der Waals surface area contributed by atoms with Crippen LogP contribution in [0.4, 0.5) is 0 Å². The molecule has 1 aliphatic heterocycles. The highest BCUT2D eigenvalue weighted by atomic mass is 32.2. The quantitative estimate of drug-likeness (QED) is 0.933. The molecule has 0 aliphatic carbocycles. The fourth-order valence-electron chi connectivity index (χ4n) is 2.67. The zero-order chi connectivity index (χ0) is 13.5. The second-order valence-electron chi connectivity index (χ2n) is 5.30. The number of aromatic nitrogens is 1. The van der Waals surface area contributed by atoms with Crippen molar-refractivity contribution in [3.63, 3.8) is 0 Å². The number of hydrogen-bond donors (Lipinski definition) is 1. The topological polar surface area (TPSA) is 73.0 Å². The molecule has 2 heterocycles. The summed E-state index contributed by atoms with van der Waals surface area (Å²) in [5, 5.41) is 0.990. The molecular formula is C13H16N2O2S2. The monoisotopic (exact) mass is 296 g/mol. The van der Waals surface area contributed by atoms with Gasteiger partial charge in [-0.05, 0) is 25.1 Å².